The van der Waals surface area contributed by atoms with E-state index in [0.717, 1.165) is 6.26 Å². The number of nitrogens with zero attached hydrogens (tertiary/aromatic N) is 1. The molecule has 0 N–H and O–H groups in total. The summed E-state index contributed by atoms with van der Waals surface area (Å²) >= 11 is 12.1. The molecule has 4 nitrogen and oxygen atoms in total. The maximum absolute atomic E-state index is 11.4. The zero-order chi connectivity index (χ0) is 17.1. The van der Waals surface area contributed by atoms with Gasteiger partial charge in [-0.05, 0) is 29.3 Å². The summed E-state index contributed by atoms with van der Waals surface area (Å²) in [6, 6.07) is 15.5. The molecule has 1 unspecified atom stereocenters. The lowest BCUT2D eigenvalue weighted by molar-refractivity contribution is 0.280. The first-order valence-corrected chi connectivity index (χ1v) is 9.12. The minimum absolute atomic E-state index is 0.348. The zero-order valence-electron chi connectivity index (χ0n) is 12.2. The highest BCUT2D eigenvalue weighted by molar-refractivity contribution is 7.85. The van der Waals surface area contributed by atoms with Crippen molar-refractivity contribution in [3.05, 3.63) is 69.7 Å². The first-order valence-electron chi connectivity index (χ1n) is 6.55. The van der Waals surface area contributed by atoms with E-state index >= 15 is 0 Å². The molecule has 120 valence electrons. The van der Waals surface area contributed by atoms with Gasteiger partial charge in [0.25, 0.3) is 10.1 Å². The van der Waals surface area contributed by atoms with Crippen LogP contribution in [0.2, 0.25) is 10.0 Å². The van der Waals surface area contributed by atoms with Crippen molar-refractivity contribution in [2.45, 2.75) is 5.41 Å². The second kappa shape index (κ2) is 6.90. The van der Waals surface area contributed by atoms with E-state index in [-0.39, 0.29) is 6.61 Å². The molecule has 0 radical (unpaired) electrons. The molecule has 0 aliphatic carbocycles. The number of rotatable bonds is 5. The monoisotopic (exact) mass is 369 g/mol. The maximum atomic E-state index is 11.4. The van der Waals surface area contributed by atoms with E-state index in [1.54, 1.807) is 48.5 Å². The van der Waals surface area contributed by atoms with Crippen LogP contribution in [0, 0.1) is 11.3 Å². The summed E-state index contributed by atoms with van der Waals surface area (Å²) in [5, 5.41) is 10.7. The molecular formula is C16H13Cl2NO3S. The summed E-state index contributed by atoms with van der Waals surface area (Å²) in [5.41, 5.74) is -0.359. The first kappa shape index (κ1) is 17.8. The van der Waals surface area contributed by atoms with Crippen LogP contribution in [0.5, 0.6) is 0 Å². The second-order valence-corrected chi connectivity index (χ2v) is 7.46. The van der Waals surface area contributed by atoms with Crippen LogP contribution in [0.1, 0.15) is 11.1 Å². The average Bonchev–Trinajstić information content (AvgIpc) is 2.50. The first-order chi connectivity index (χ1) is 10.8. The van der Waals surface area contributed by atoms with Crippen LogP contribution in [0.15, 0.2) is 48.5 Å². The van der Waals surface area contributed by atoms with Gasteiger partial charge in [0.15, 0.2) is 0 Å². The van der Waals surface area contributed by atoms with Gasteiger partial charge in [-0.1, -0.05) is 53.5 Å². The lowest BCUT2D eigenvalue weighted by Crippen LogP contribution is -2.33. The van der Waals surface area contributed by atoms with Gasteiger partial charge in [0, 0.05) is 10.0 Å². The predicted octanol–water partition coefficient (Wildman–Crippen LogP) is 3.78. The van der Waals surface area contributed by atoms with E-state index < -0.39 is 15.5 Å². The maximum Gasteiger partial charge on any atom is 0.264 e. The third-order valence-electron chi connectivity index (χ3n) is 3.35. The van der Waals surface area contributed by atoms with Gasteiger partial charge in [0.2, 0.25) is 0 Å². The van der Waals surface area contributed by atoms with E-state index in [2.05, 4.69) is 6.07 Å². The summed E-state index contributed by atoms with van der Waals surface area (Å²) in [6.45, 7) is -0.381. The van der Waals surface area contributed by atoms with Gasteiger partial charge in [-0.2, -0.15) is 13.7 Å². The van der Waals surface area contributed by atoms with Crippen molar-refractivity contribution in [2.75, 3.05) is 12.9 Å². The van der Waals surface area contributed by atoms with Gasteiger partial charge in [0.1, 0.15) is 5.41 Å². The Kier molecular flexibility index (Phi) is 5.33. The van der Waals surface area contributed by atoms with Crippen molar-refractivity contribution in [2.24, 2.45) is 0 Å². The lowest BCUT2D eigenvalue weighted by Gasteiger charge is -2.28. The normalized spacial score (nSPS) is 14.0. The molecule has 2 rings (SSSR count). The summed E-state index contributed by atoms with van der Waals surface area (Å²) in [5.74, 6) is 0. The topological polar surface area (TPSA) is 67.2 Å². The summed E-state index contributed by atoms with van der Waals surface area (Å²) in [6.07, 6.45) is 0.934. The molecule has 23 heavy (non-hydrogen) atoms. The smallest absolute Gasteiger partial charge is 0.264 e. The van der Waals surface area contributed by atoms with Crippen LogP contribution in [0.25, 0.3) is 0 Å². The van der Waals surface area contributed by atoms with Gasteiger partial charge in [0.05, 0.1) is 18.9 Å². The van der Waals surface area contributed by atoms with Crippen molar-refractivity contribution >= 4 is 33.3 Å². The molecule has 0 aromatic heterocycles. The van der Waals surface area contributed by atoms with Crippen LogP contribution < -0.4 is 0 Å². The highest BCUT2D eigenvalue weighted by atomic mass is 35.5. The molecule has 0 saturated carbocycles. The Hall–Kier alpha value is -1.58. The zero-order valence-corrected chi connectivity index (χ0v) is 14.5. The van der Waals surface area contributed by atoms with Gasteiger partial charge < -0.3 is 0 Å². The van der Waals surface area contributed by atoms with E-state index in [1.165, 1.54) is 0 Å². The Labute approximate surface area is 145 Å². The highest BCUT2D eigenvalue weighted by Crippen LogP contribution is 2.37. The Balaban J connectivity index is 2.64. The largest absolute Gasteiger partial charge is 0.268 e. The summed E-state index contributed by atoms with van der Waals surface area (Å²) in [7, 11) is -3.72. The number of hydrogen-bond acceptors (Lipinski definition) is 4. The summed E-state index contributed by atoms with van der Waals surface area (Å²) < 4.78 is 27.8. The van der Waals surface area contributed by atoms with Crippen LogP contribution in [-0.4, -0.2) is 21.3 Å². The molecule has 2 aromatic rings. The number of halogens is 2. The number of hydrogen-bond donors (Lipinski definition) is 0. The van der Waals surface area contributed by atoms with Crippen LogP contribution >= 0.6 is 23.2 Å². The fourth-order valence-electron chi connectivity index (χ4n) is 2.21. The van der Waals surface area contributed by atoms with E-state index in [4.69, 9.17) is 27.4 Å². The quantitative estimate of drug-likeness (QED) is 0.752. The Morgan fingerprint density at radius 3 is 2.26 bits per heavy atom. The van der Waals surface area contributed by atoms with Gasteiger partial charge in [-0.15, -0.1) is 0 Å². The second-order valence-electron chi connectivity index (χ2n) is 4.97. The van der Waals surface area contributed by atoms with E-state index in [9.17, 15) is 13.7 Å². The number of nitriles is 1. The van der Waals surface area contributed by atoms with Gasteiger partial charge in [-0.25, -0.2) is 0 Å². The molecule has 0 aliphatic rings. The third kappa shape index (κ3) is 4.04. The molecule has 0 bridgehead atoms. The Morgan fingerprint density at radius 2 is 1.74 bits per heavy atom. The highest BCUT2D eigenvalue weighted by Gasteiger charge is 2.38. The van der Waals surface area contributed by atoms with E-state index in [1.807, 2.05) is 0 Å². The minimum atomic E-state index is -3.72. The standard InChI is InChI=1S/C16H13Cl2NO3S/c1-23(20,21)22-11-16(10-19,12-6-8-13(17)9-7-12)14-4-2-3-5-15(14)18/h2-9H,11H2,1H3. The molecule has 7 heteroatoms. The predicted molar refractivity (Wildman–Crippen MR) is 90.1 cm³/mol. The Bertz CT molecular complexity index is 844. The average molecular weight is 370 g/mol. The molecule has 1 atom stereocenters. The fourth-order valence-corrected chi connectivity index (χ4v) is 3.02. The minimum Gasteiger partial charge on any atom is -0.268 e. The molecule has 0 spiro atoms. The van der Waals surface area contributed by atoms with E-state index in [0.29, 0.717) is 21.2 Å². The summed E-state index contributed by atoms with van der Waals surface area (Å²) in [4.78, 5) is 0. The fraction of sp³-hybridized carbons (Fsp3) is 0.188. The molecule has 2 aromatic carbocycles. The number of benzene rings is 2. The molecule has 0 aliphatic heterocycles. The lowest BCUT2D eigenvalue weighted by atomic mass is 9.76. The molecule has 0 heterocycles. The molecule has 0 amide bonds. The van der Waals surface area contributed by atoms with Crippen molar-refractivity contribution in [3.8, 4) is 6.07 Å². The Morgan fingerprint density at radius 1 is 1.13 bits per heavy atom. The SMILES string of the molecule is CS(=O)(=O)OCC(C#N)(c1ccc(Cl)cc1)c1ccccc1Cl. The van der Waals surface area contributed by atoms with Gasteiger partial charge in [-0.3, -0.25) is 4.18 Å². The van der Waals surface area contributed by atoms with Crippen molar-refractivity contribution in [1.29, 1.82) is 5.26 Å². The van der Waals surface area contributed by atoms with Crippen molar-refractivity contribution in [3.63, 3.8) is 0 Å². The van der Waals surface area contributed by atoms with Crippen molar-refractivity contribution in [1.82, 2.24) is 0 Å². The van der Waals surface area contributed by atoms with Crippen LogP contribution in [-0.2, 0) is 19.7 Å². The van der Waals surface area contributed by atoms with Crippen LogP contribution in [0.3, 0.4) is 0 Å². The molecule has 0 saturated heterocycles. The molecule has 0 fully saturated rings. The van der Waals surface area contributed by atoms with Gasteiger partial charge >= 0.3 is 0 Å². The van der Waals surface area contributed by atoms with Crippen molar-refractivity contribution < 1.29 is 12.6 Å². The third-order valence-corrected chi connectivity index (χ3v) is 4.48. The molecular weight excluding hydrogens is 357 g/mol. The van der Waals surface area contributed by atoms with Crippen LogP contribution in [0.4, 0.5) is 0 Å².